The molecule has 2 aliphatic heterocycles. The molecule has 2 saturated heterocycles. The van der Waals surface area contributed by atoms with E-state index in [9.17, 15) is 4.79 Å². The van der Waals surface area contributed by atoms with Gasteiger partial charge >= 0.3 is 6.03 Å². The highest BCUT2D eigenvalue weighted by Gasteiger charge is 2.45. The predicted octanol–water partition coefficient (Wildman–Crippen LogP) is 2.80. The number of carbonyl (C=O) groups is 1. The van der Waals surface area contributed by atoms with Crippen LogP contribution >= 0.6 is 15.9 Å². The Morgan fingerprint density at radius 1 is 1.45 bits per heavy atom. The standard InChI is InChI=1S/C14H18BrN3O2/c1-10-12(6-11(15)7-16-10)17-13(19)18-8-14(9-18)2-4-20-5-3-14/h6-7H,2-5,8-9H2,1H3,(H,17,19). The van der Waals surface area contributed by atoms with Crippen molar-refractivity contribution in [1.29, 1.82) is 0 Å². The number of halogens is 1. The van der Waals surface area contributed by atoms with Gasteiger partial charge in [-0.25, -0.2) is 4.79 Å². The molecule has 20 heavy (non-hydrogen) atoms. The minimum atomic E-state index is -0.0369. The number of aromatic nitrogens is 1. The van der Waals surface area contributed by atoms with Gasteiger partial charge in [-0.1, -0.05) is 0 Å². The number of rotatable bonds is 1. The molecule has 0 bridgehead atoms. The fourth-order valence-electron chi connectivity index (χ4n) is 2.86. The van der Waals surface area contributed by atoms with Gasteiger partial charge in [-0.3, -0.25) is 4.98 Å². The molecule has 0 radical (unpaired) electrons. The number of hydrogen-bond donors (Lipinski definition) is 1. The highest BCUT2D eigenvalue weighted by molar-refractivity contribution is 9.10. The first-order valence-electron chi connectivity index (χ1n) is 6.84. The second-order valence-corrected chi connectivity index (χ2v) is 6.60. The van der Waals surface area contributed by atoms with Crippen LogP contribution < -0.4 is 5.32 Å². The molecule has 2 aliphatic rings. The van der Waals surface area contributed by atoms with Gasteiger partial charge in [-0.2, -0.15) is 0 Å². The van der Waals surface area contributed by atoms with E-state index in [0.29, 0.717) is 5.41 Å². The second kappa shape index (κ2) is 5.33. The van der Waals surface area contributed by atoms with Crippen LogP contribution in [0.5, 0.6) is 0 Å². The fraction of sp³-hybridized carbons (Fsp3) is 0.571. The summed E-state index contributed by atoms with van der Waals surface area (Å²) in [7, 11) is 0. The van der Waals surface area contributed by atoms with Crippen molar-refractivity contribution in [1.82, 2.24) is 9.88 Å². The number of amides is 2. The number of ether oxygens (including phenoxy) is 1. The van der Waals surface area contributed by atoms with E-state index in [1.165, 1.54) is 0 Å². The number of anilines is 1. The third-order valence-corrected chi connectivity index (χ3v) is 4.62. The van der Waals surface area contributed by atoms with Crippen LogP contribution in [0.4, 0.5) is 10.5 Å². The van der Waals surface area contributed by atoms with Crippen molar-refractivity contribution in [3.63, 3.8) is 0 Å². The molecular weight excluding hydrogens is 322 g/mol. The lowest BCUT2D eigenvalue weighted by atomic mass is 9.73. The van der Waals surface area contributed by atoms with Crippen molar-refractivity contribution in [2.75, 3.05) is 31.6 Å². The Morgan fingerprint density at radius 2 is 2.15 bits per heavy atom. The van der Waals surface area contributed by atoms with Gasteiger partial charge in [0.2, 0.25) is 0 Å². The first-order valence-corrected chi connectivity index (χ1v) is 7.63. The molecule has 0 aromatic carbocycles. The second-order valence-electron chi connectivity index (χ2n) is 5.69. The number of carbonyl (C=O) groups excluding carboxylic acids is 1. The van der Waals surface area contributed by atoms with Crippen molar-refractivity contribution in [2.45, 2.75) is 19.8 Å². The van der Waals surface area contributed by atoms with Gasteiger partial charge in [0.05, 0.1) is 11.4 Å². The van der Waals surface area contributed by atoms with Crippen molar-refractivity contribution in [3.05, 3.63) is 22.4 Å². The van der Waals surface area contributed by atoms with E-state index >= 15 is 0 Å². The van der Waals surface area contributed by atoms with Gasteiger partial charge < -0.3 is 15.0 Å². The molecule has 108 valence electrons. The molecule has 1 spiro atoms. The summed E-state index contributed by atoms with van der Waals surface area (Å²) in [4.78, 5) is 18.3. The van der Waals surface area contributed by atoms with Gasteiger partial charge in [0, 0.05) is 42.4 Å². The Hall–Kier alpha value is -1.14. The van der Waals surface area contributed by atoms with Crippen LogP contribution in [0.2, 0.25) is 0 Å². The zero-order valence-electron chi connectivity index (χ0n) is 11.5. The normalized spacial score (nSPS) is 20.6. The number of likely N-dealkylation sites (tertiary alicyclic amines) is 1. The van der Waals surface area contributed by atoms with E-state index in [-0.39, 0.29) is 6.03 Å². The van der Waals surface area contributed by atoms with Crippen LogP contribution in [0.3, 0.4) is 0 Å². The first-order chi connectivity index (χ1) is 9.58. The molecule has 5 nitrogen and oxygen atoms in total. The van der Waals surface area contributed by atoms with Crippen molar-refractivity contribution >= 4 is 27.6 Å². The van der Waals surface area contributed by atoms with Gasteiger partial charge in [0.15, 0.2) is 0 Å². The molecule has 0 saturated carbocycles. The molecule has 0 aliphatic carbocycles. The predicted molar refractivity (Wildman–Crippen MR) is 79.8 cm³/mol. The molecule has 1 N–H and O–H groups in total. The van der Waals surface area contributed by atoms with Gasteiger partial charge in [-0.15, -0.1) is 0 Å². The molecule has 3 rings (SSSR count). The zero-order chi connectivity index (χ0) is 14.2. The van der Waals surface area contributed by atoms with E-state index < -0.39 is 0 Å². The first kappa shape index (κ1) is 13.8. The van der Waals surface area contributed by atoms with E-state index in [0.717, 1.165) is 55.0 Å². The highest BCUT2D eigenvalue weighted by atomic mass is 79.9. The molecule has 6 heteroatoms. The number of hydrogen-bond acceptors (Lipinski definition) is 3. The van der Waals surface area contributed by atoms with E-state index in [2.05, 4.69) is 26.2 Å². The number of nitrogens with zero attached hydrogens (tertiary/aromatic N) is 2. The summed E-state index contributed by atoms with van der Waals surface area (Å²) in [6.45, 7) is 5.21. The summed E-state index contributed by atoms with van der Waals surface area (Å²) in [5.41, 5.74) is 1.89. The van der Waals surface area contributed by atoms with Crippen molar-refractivity contribution in [3.8, 4) is 0 Å². The van der Waals surface area contributed by atoms with Crippen molar-refractivity contribution in [2.24, 2.45) is 5.41 Å². The molecule has 1 aromatic heterocycles. The summed E-state index contributed by atoms with van der Waals surface area (Å²) in [6, 6.07) is 1.84. The van der Waals surface area contributed by atoms with Crippen LogP contribution in [-0.4, -0.2) is 42.2 Å². The molecule has 0 atom stereocenters. The maximum absolute atomic E-state index is 12.2. The minimum absolute atomic E-state index is 0.0369. The topological polar surface area (TPSA) is 54.5 Å². The molecule has 2 amide bonds. The Labute approximate surface area is 126 Å². The Bertz CT molecular complexity index is 521. The Morgan fingerprint density at radius 3 is 2.85 bits per heavy atom. The average Bonchev–Trinajstić information content (AvgIpc) is 2.41. The van der Waals surface area contributed by atoms with Gasteiger partial charge in [0.1, 0.15) is 0 Å². The molecular formula is C14H18BrN3O2. The number of urea groups is 1. The third-order valence-electron chi connectivity index (χ3n) is 4.19. The zero-order valence-corrected chi connectivity index (χ0v) is 13.1. The SMILES string of the molecule is Cc1ncc(Br)cc1NC(=O)N1CC2(CCOCC2)C1. The summed E-state index contributed by atoms with van der Waals surface area (Å²) in [5.74, 6) is 0. The lowest BCUT2D eigenvalue weighted by Gasteiger charge is -2.51. The van der Waals surface area contributed by atoms with E-state index in [1.807, 2.05) is 17.9 Å². The number of nitrogens with one attached hydrogen (secondary N) is 1. The number of aryl methyl sites for hydroxylation is 1. The summed E-state index contributed by atoms with van der Waals surface area (Å²) >= 11 is 3.37. The molecule has 1 aromatic rings. The summed E-state index contributed by atoms with van der Waals surface area (Å²) in [5, 5.41) is 2.94. The molecule has 3 heterocycles. The lowest BCUT2D eigenvalue weighted by molar-refractivity contribution is -0.0596. The quantitative estimate of drug-likeness (QED) is 0.855. The smallest absolute Gasteiger partial charge is 0.321 e. The highest BCUT2D eigenvalue weighted by Crippen LogP contribution is 2.39. The van der Waals surface area contributed by atoms with Crippen LogP contribution in [0.25, 0.3) is 0 Å². The van der Waals surface area contributed by atoms with E-state index in [1.54, 1.807) is 6.20 Å². The third kappa shape index (κ3) is 2.67. The van der Waals surface area contributed by atoms with Crippen LogP contribution in [0, 0.1) is 12.3 Å². The molecule has 0 unspecified atom stereocenters. The average molecular weight is 340 g/mol. The minimum Gasteiger partial charge on any atom is -0.381 e. The summed E-state index contributed by atoms with van der Waals surface area (Å²) < 4.78 is 6.25. The Balaban J connectivity index is 1.59. The van der Waals surface area contributed by atoms with E-state index in [4.69, 9.17) is 4.74 Å². The van der Waals surface area contributed by atoms with Crippen LogP contribution in [0.1, 0.15) is 18.5 Å². The summed E-state index contributed by atoms with van der Waals surface area (Å²) in [6.07, 6.45) is 3.86. The maximum Gasteiger partial charge on any atom is 0.321 e. The van der Waals surface area contributed by atoms with Crippen LogP contribution in [0.15, 0.2) is 16.7 Å². The monoisotopic (exact) mass is 339 g/mol. The maximum atomic E-state index is 12.2. The van der Waals surface area contributed by atoms with Crippen LogP contribution in [-0.2, 0) is 4.74 Å². The molecule has 2 fully saturated rings. The fourth-order valence-corrected chi connectivity index (χ4v) is 3.19. The number of pyridine rings is 1. The van der Waals surface area contributed by atoms with Gasteiger partial charge in [0.25, 0.3) is 0 Å². The largest absolute Gasteiger partial charge is 0.381 e. The lowest BCUT2D eigenvalue weighted by Crippen LogP contribution is -2.61. The Kier molecular flexibility index (Phi) is 3.69. The van der Waals surface area contributed by atoms with Gasteiger partial charge in [-0.05, 0) is 41.8 Å². The van der Waals surface area contributed by atoms with Crippen molar-refractivity contribution < 1.29 is 9.53 Å².